The van der Waals surface area contributed by atoms with Gasteiger partial charge in [0.15, 0.2) is 0 Å². The molecule has 0 atom stereocenters. The summed E-state index contributed by atoms with van der Waals surface area (Å²) < 4.78 is 3.86. The Kier molecular flexibility index (Phi) is 3.56. The zero-order chi connectivity index (χ0) is 13.1. The minimum atomic E-state index is -0.0922. The van der Waals surface area contributed by atoms with Crippen LogP contribution in [0.2, 0.25) is 0 Å². The molecule has 0 saturated carbocycles. The number of nitrogens with one attached hydrogen (secondary N) is 2. The highest BCUT2D eigenvalue weighted by molar-refractivity contribution is 7.05. The second-order valence-electron chi connectivity index (χ2n) is 3.99. The maximum atomic E-state index is 11.9. The third-order valence-electron chi connectivity index (χ3n) is 2.45. The van der Waals surface area contributed by atoms with E-state index in [1.807, 2.05) is 6.92 Å². The summed E-state index contributed by atoms with van der Waals surface area (Å²) in [5.41, 5.74) is 1.42. The first kappa shape index (κ1) is 12.5. The Morgan fingerprint density at radius 3 is 2.94 bits per heavy atom. The monoisotopic (exact) mass is 266 g/mol. The lowest BCUT2D eigenvalue weighted by Crippen LogP contribution is -2.22. The number of aromatic amines is 1. The first-order chi connectivity index (χ1) is 8.59. The van der Waals surface area contributed by atoms with Gasteiger partial charge in [-0.25, -0.2) is 0 Å². The normalized spacial score (nSPS) is 10.4. The molecule has 7 nitrogen and oxygen atoms in total. The number of carbonyl (C=O) groups excluding carboxylic acids is 1. The van der Waals surface area contributed by atoms with Gasteiger partial charge in [-0.15, -0.1) is 5.10 Å². The quantitative estimate of drug-likeness (QED) is 0.858. The smallest absolute Gasteiger partial charge is 0.258 e. The lowest BCUT2D eigenvalue weighted by atomic mass is 10.3. The van der Waals surface area contributed by atoms with E-state index in [-0.39, 0.29) is 5.91 Å². The van der Waals surface area contributed by atoms with E-state index in [9.17, 15) is 4.79 Å². The Morgan fingerprint density at radius 1 is 1.56 bits per heavy atom. The van der Waals surface area contributed by atoms with Crippen molar-refractivity contribution in [2.45, 2.75) is 13.5 Å². The first-order valence-corrected chi connectivity index (χ1v) is 6.13. The van der Waals surface area contributed by atoms with Crippen molar-refractivity contribution in [3.63, 3.8) is 0 Å². The Bertz CT molecular complexity index is 546. The molecule has 0 aliphatic heterocycles. The number of hydrogen-bond acceptors (Lipinski definition) is 6. The van der Waals surface area contributed by atoms with Gasteiger partial charge in [0, 0.05) is 14.1 Å². The van der Waals surface area contributed by atoms with Gasteiger partial charge in [-0.05, 0) is 18.5 Å². The highest BCUT2D eigenvalue weighted by Gasteiger charge is 2.15. The van der Waals surface area contributed by atoms with Gasteiger partial charge < -0.3 is 10.2 Å². The predicted molar refractivity (Wildman–Crippen MR) is 68.6 cm³/mol. The summed E-state index contributed by atoms with van der Waals surface area (Å²) in [5.74, 6) is 0.520. The summed E-state index contributed by atoms with van der Waals surface area (Å²) in [6, 6.07) is 0. The fourth-order valence-corrected chi connectivity index (χ4v) is 1.98. The molecule has 0 saturated heterocycles. The van der Waals surface area contributed by atoms with Crippen molar-refractivity contribution in [1.29, 1.82) is 0 Å². The molecule has 18 heavy (non-hydrogen) atoms. The van der Waals surface area contributed by atoms with Gasteiger partial charge >= 0.3 is 0 Å². The minimum Gasteiger partial charge on any atom is -0.365 e. The molecular formula is C10H14N6OS. The summed E-state index contributed by atoms with van der Waals surface area (Å²) in [4.78, 5) is 14.4. The van der Waals surface area contributed by atoms with Crippen molar-refractivity contribution in [3.05, 3.63) is 22.3 Å². The Labute approximate surface area is 108 Å². The fourth-order valence-electron chi connectivity index (χ4n) is 1.41. The summed E-state index contributed by atoms with van der Waals surface area (Å²) in [5, 5.41) is 13.7. The minimum absolute atomic E-state index is 0.0922. The molecule has 2 N–H and O–H groups in total. The molecule has 2 aromatic heterocycles. The number of nitrogens with zero attached hydrogens (tertiary/aromatic N) is 4. The summed E-state index contributed by atoms with van der Waals surface area (Å²) in [7, 11) is 3.41. The number of carbonyl (C=O) groups is 1. The number of rotatable bonds is 4. The van der Waals surface area contributed by atoms with Crippen LogP contribution in [0.4, 0.5) is 5.82 Å². The van der Waals surface area contributed by atoms with Crippen LogP contribution in [0, 0.1) is 6.92 Å². The van der Waals surface area contributed by atoms with Crippen molar-refractivity contribution < 1.29 is 4.79 Å². The van der Waals surface area contributed by atoms with E-state index < -0.39 is 0 Å². The second-order valence-corrected chi connectivity index (χ2v) is 4.83. The molecule has 0 fully saturated rings. The molecule has 0 aromatic carbocycles. The molecule has 2 aromatic rings. The van der Waals surface area contributed by atoms with Crippen molar-refractivity contribution in [2.75, 3.05) is 19.4 Å². The highest BCUT2D eigenvalue weighted by atomic mass is 32.1. The molecule has 2 rings (SSSR count). The van der Waals surface area contributed by atoms with Crippen LogP contribution >= 0.6 is 11.5 Å². The van der Waals surface area contributed by atoms with E-state index in [0.717, 1.165) is 10.6 Å². The molecule has 2 heterocycles. The molecule has 0 radical (unpaired) electrons. The molecule has 0 spiro atoms. The standard InChI is InChI=1S/C10H14N6OS/c1-6-8(18-15-13-6)5-11-9-7(4-12-14-9)10(17)16(2)3/h4H,5H2,1-3H3,(H2,11,12,14). The number of hydrogen-bond donors (Lipinski definition) is 2. The first-order valence-electron chi connectivity index (χ1n) is 5.36. The van der Waals surface area contributed by atoms with Gasteiger partial charge in [0.2, 0.25) is 0 Å². The van der Waals surface area contributed by atoms with Crippen LogP contribution < -0.4 is 5.32 Å². The molecule has 96 valence electrons. The molecule has 0 unspecified atom stereocenters. The molecule has 1 amide bonds. The maximum Gasteiger partial charge on any atom is 0.258 e. The van der Waals surface area contributed by atoms with E-state index in [2.05, 4.69) is 25.1 Å². The fraction of sp³-hybridized carbons (Fsp3) is 0.400. The Hall–Kier alpha value is -1.96. The molecule has 0 aliphatic rings. The van der Waals surface area contributed by atoms with Gasteiger partial charge in [-0.3, -0.25) is 9.89 Å². The maximum absolute atomic E-state index is 11.9. The van der Waals surface area contributed by atoms with Gasteiger partial charge in [0.25, 0.3) is 5.91 Å². The van der Waals surface area contributed by atoms with Crippen LogP contribution in [0.5, 0.6) is 0 Å². The Balaban J connectivity index is 2.09. The van der Waals surface area contributed by atoms with Crippen LogP contribution in [-0.2, 0) is 6.54 Å². The van der Waals surface area contributed by atoms with E-state index in [0.29, 0.717) is 17.9 Å². The van der Waals surface area contributed by atoms with Gasteiger partial charge in [0.05, 0.1) is 23.3 Å². The van der Waals surface area contributed by atoms with E-state index in [4.69, 9.17) is 0 Å². The van der Waals surface area contributed by atoms with Crippen molar-refractivity contribution in [2.24, 2.45) is 0 Å². The average molecular weight is 266 g/mol. The third-order valence-corrected chi connectivity index (χ3v) is 3.27. The number of anilines is 1. The van der Waals surface area contributed by atoms with Crippen molar-refractivity contribution >= 4 is 23.3 Å². The molecule has 0 aliphatic carbocycles. The van der Waals surface area contributed by atoms with E-state index in [1.165, 1.54) is 22.6 Å². The molecular weight excluding hydrogens is 252 g/mol. The van der Waals surface area contributed by atoms with Gasteiger partial charge in [-0.2, -0.15) is 5.10 Å². The summed E-state index contributed by atoms with van der Waals surface area (Å²) >= 11 is 1.34. The van der Waals surface area contributed by atoms with Gasteiger partial charge in [-0.1, -0.05) is 4.49 Å². The lowest BCUT2D eigenvalue weighted by Gasteiger charge is -2.10. The number of amides is 1. The molecule has 8 heteroatoms. The van der Waals surface area contributed by atoms with E-state index in [1.54, 1.807) is 14.1 Å². The summed E-state index contributed by atoms with van der Waals surface area (Å²) in [6.45, 7) is 2.47. The summed E-state index contributed by atoms with van der Waals surface area (Å²) in [6.07, 6.45) is 1.52. The zero-order valence-corrected chi connectivity index (χ0v) is 11.2. The average Bonchev–Trinajstić information content (AvgIpc) is 2.94. The largest absolute Gasteiger partial charge is 0.365 e. The number of H-pyrrole nitrogens is 1. The lowest BCUT2D eigenvalue weighted by molar-refractivity contribution is 0.0828. The Morgan fingerprint density at radius 2 is 2.33 bits per heavy atom. The van der Waals surface area contributed by atoms with Gasteiger partial charge in [0.1, 0.15) is 11.4 Å². The number of aromatic nitrogens is 4. The highest BCUT2D eigenvalue weighted by Crippen LogP contribution is 2.16. The predicted octanol–water partition coefficient (Wildman–Crippen LogP) is 0.884. The third kappa shape index (κ3) is 2.48. The van der Waals surface area contributed by atoms with Crippen LogP contribution in [0.15, 0.2) is 6.20 Å². The van der Waals surface area contributed by atoms with Crippen molar-refractivity contribution in [1.82, 2.24) is 24.7 Å². The topological polar surface area (TPSA) is 86.8 Å². The van der Waals surface area contributed by atoms with Crippen LogP contribution in [0.3, 0.4) is 0 Å². The van der Waals surface area contributed by atoms with Crippen LogP contribution in [-0.4, -0.2) is 44.7 Å². The van der Waals surface area contributed by atoms with Crippen LogP contribution in [0.1, 0.15) is 20.9 Å². The van der Waals surface area contributed by atoms with Crippen molar-refractivity contribution in [3.8, 4) is 0 Å². The zero-order valence-electron chi connectivity index (χ0n) is 10.4. The SMILES string of the molecule is Cc1nnsc1CNc1[nH]ncc1C(=O)N(C)C. The number of aryl methyl sites for hydroxylation is 1. The van der Waals surface area contributed by atoms with E-state index >= 15 is 0 Å². The van der Waals surface area contributed by atoms with Crippen LogP contribution in [0.25, 0.3) is 0 Å². The molecule has 0 bridgehead atoms. The second kappa shape index (κ2) is 5.13.